The van der Waals surface area contributed by atoms with Crippen LogP contribution in [0.5, 0.6) is 0 Å². The minimum Gasteiger partial charge on any atom is -0.465 e. The summed E-state index contributed by atoms with van der Waals surface area (Å²) in [6.45, 7) is 2.43. The monoisotopic (exact) mass is 219 g/mol. The van der Waals surface area contributed by atoms with Crippen LogP contribution in [0.2, 0.25) is 0 Å². The van der Waals surface area contributed by atoms with Crippen LogP contribution in [-0.2, 0) is 0 Å². The number of amides is 1. The van der Waals surface area contributed by atoms with Crippen LogP contribution < -0.4 is 0 Å². The Hall–Kier alpha value is -1.17. The quantitative estimate of drug-likeness (QED) is 0.202. The zero-order valence-electron chi connectivity index (χ0n) is 7.35. The minimum atomic E-state index is -0.879. The third-order valence-electron chi connectivity index (χ3n) is 2.72. The van der Waals surface area contributed by atoms with E-state index in [1.54, 1.807) is 4.90 Å². The van der Waals surface area contributed by atoms with Crippen LogP contribution >= 0.6 is 11.6 Å². The minimum absolute atomic E-state index is 0.0449. The molecule has 6 nitrogen and oxygen atoms in total. The fourth-order valence-electron chi connectivity index (χ4n) is 2.06. The van der Waals surface area contributed by atoms with E-state index in [9.17, 15) is 4.79 Å². The molecular formula is C7H10ClN3O3. The average Bonchev–Trinajstić information content (AvgIpc) is 1.98. The first kappa shape index (κ1) is 9.39. The first-order chi connectivity index (χ1) is 6.56. The van der Waals surface area contributed by atoms with Gasteiger partial charge in [0.05, 0.1) is 0 Å². The Morgan fingerprint density at radius 3 is 2.21 bits per heavy atom. The Kier molecular flexibility index (Phi) is 1.95. The first-order valence-electron chi connectivity index (χ1n) is 4.17. The van der Waals surface area contributed by atoms with Crippen LogP contribution in [0, 0.1) is 5.41 Å². The third-order valence-corrected chi connectivity index (χ3v) is 3.03. The molecule has 14 heavy (non-hydrogen) atoms. The van der Waals surface area contributed by atoms with Crippen molar-refractivity contribution in [3.8, 4) is 0 Å². The van der Waals surface area contributed by atoms with Crippen LogP contribution in [0.1, 0.15) is 0 Å². The molecule has 0 saturated carbocycles. The molecule has 78 valence electrons. The van der Waals surface area contributed by atoms with Gasteiger partial charge in [-0.2, -0.15) is 0 Å². The molecule has 2 aliphatic heterocycles. The van der Waals surface area contributed by atoms with E-state index in [0.29, 0.717) is 26.2 Å². The average molecular weight is 220 g/mol. The number of carboxylic acid groups (broad SMARTS) is 1. The molecule has 2 N–H and O–H groups in total. The van der Waals surface area contributed by atoms with Gasteiger partial charge in [0.2, 0.25) is 5.29 Å². The summed E-state index contributed by atoms with van der Waals surface area (Å²) < 4.78 is 0. The van der Waals surface area contributed by atoms with Crippen molar-refractivity contribution in [1.82, 2.24) is 9.80 Å². The van der Waals surface area contributed by atoms with Crippen molar-refractivity contribution in [2.24, 2.45) is 10.6 Å². The molecule has 2 fully saturated rings. The normalized spacial score (nSPS) is 24.5. The Morgan fingerprint density at radius 2 is 1.79 bits per heavy atom. The predicted octanol–water partition coefficient (Wildman–Crippen LogP) is 0.266. The summed E-state index contributed by atoms with van der Waals surface area (Å²) in [6, 6.07) is 0. The Labute approximate surface area is 85.3 Å². The molecular weight excluding hydrogens is 210 g/mol. The molecule has 1 spiro atoms. The van der Waals surface area contributed by atoms with Crippen molar-refractivity contribution in [2.75, 3.05) is 26.2 Å². The summed E-state index contributed by atoms with van der Waals surface area (Å²) in [5, 5.41) is 20.0. The summed E-state index contributed by atoms with van der Waals surface area (Å²) in [7, 11) is 0. The number of rotatable bonds is 0. The second-order valence-electron chi connectivity index (χ2n) is 3.86. The molecule has 2 saturated heterocycles. The van der Waals surface area contributed by atoms with Gasteiger partial charge < -0.3 is 20.1 Å². The second kappa shape index (κ2) is 2.91. The van der Waals surface area contributed by atoms with Gasteiger partial charge in [-0.25, -0.2) is 4.79 Å². The topological polar surface area (TPSA) is 76.4 Å². The number of hydrogen-bond acceptors (Lipinski definition) is 3. The molecule has 0 aromatic carbocycles. The largest absolute Gasteiger partial charge is 0.465 e. The highest BCUT2D eigenvalue weighted by molar-refractivity contribution is 6.64. The highest BCUT2D eigenvalue weighted by Crippen LogP contribution is 2.39. The van der Waals surface area contributed by atoms with E-state index in [-0.39, 0.29) is 10.7 Å². The van der Waals surface area contributed by atoms with Gasteiger partial charge in [0.25, 0.3) is 0 Å². The van der Waals surface area contributed by atoms with Crippen LogP contribution in [0.15, 0.2) is 5.16 Å². The number of likely N-dealkylation sites (tertiary alicyclic amines) is 2. The van der Waals surface area contributed by atoms with Gasteiger partial charge in [-0.15, -0.1) is 0 Å². The molecule has 2 rings (SSSR count). The number of carbonyl (C=O) groups is 1. The Balaban J connectivity index is 1.82. The maximum Gasteiger partial charge on any atom is 0.407 e. The molecule has 0 atom stereocenters. The van der Waals surface area contributed by atoms with E-state index < -0.39 is 6.09 Å². The van der Waals surface area contributed by atoms with Crippen molar-refractivity contribution in [2.45, 2.75) is 0 Å². The lowest BCUT2D eigenvalue weighted by atomic mass is 9.73. The molecule has 0 bridgehead atoms. The van der Waals surface area contributed by atoms with E-state index in [1.165, 1.54) is 4.90 Å². The van der Waals surface area contributed by atoms with Gasteiger partial charge in [0.1, 0.15) is 0 Å². The SMILES string of the molecule is O=C(O)N1CC2(C1)CN(/C(Cl)=N\O)C2. The second-order valence-corrected chi connectivity index (χ2v) is 4.20. The van der Waals surface area contributed by atoms with Gasteiger partial charge >= 0.3 is 6.09 Å². The summed E-state index contributed by atoms with van der Waals surface area (Å²) in [5.41, 5.74) is 0.0449. The molecule has 2 aliphatic rings. The van der Waals surface area contributed by atoms with E-state index in [2.05, 4.69) is 5.16 Å². The van der Waals surface area contributed by atoms with Crippen molar-refractivity contribution in [1.29, 1.82) is 0 Å². The number of oxime groups is 1. The number of hydrogen-bond donors (Lipinski definition) is 2. The Bertz CT molecular complexity index is 293. The fraction of sp³-hybridized carbons (Fsp3) is 0.714. The number of nitrogens with zero attached hydrogens (tertiary/aromatic N) is 3. The molecule has 0 aromatic heterocycles. The molecule has 7 heteroatoms. The number of halogens is 1. The zero-order valence-corrected chi connectivity index (χ0v) is 8.11. The maximum atomic E-state index is 10.5. The summed E-state index contributed by atoms with van der Waals surface area (Å²) in [5.74, 6) is 0. The summed E-state index contributed by atoms with van der Waals surface area (Å²) in [6.07, 6.45) is -0.879. The molecule has 0 aliphatic carbocycles. The van der Waals surface area contributed by atoms with Crippen molar-refractivity contribution < 1.29 is 15.1 Å². The van der Waals surface area contributed by atoms with E-state index in [0.717, 1.165) is 0 Å². The summed E-state index contributed by atoms with van der Waals surface area (Å²) >= 11 is 5.57. The van der Waals surface area contributed by atoms with Gasteiger partial charge in [-0.1, -0.05) is 5.16 Å². The van der Waals surface area contributed by atoms with Gasteiger partial charge in [0.15, 0.2) is 0 Å². The highest BCUT2D eigenvalue weighted by atomic mass is 35.5. The lowest BCUT2D eigenvalue weighted by molar-refractivity contribution is -0.0721. The van der Waals surface area contributed by atoms with Crippen molar-refractivity contribution in [3.63, 3.8) is 0 Å². The summed E-state index contributed by atoms with van der Waals surface area (Å²) in [4.78, 5) is 13.6. The van der Waals surface area contributed by atoms with Crippen molar-refractivity contribution in [3.05, 3.63) is 0 Å². The van der Waals surface area contributed by atoms with Crippen molar-refractivity contribution >= 4 is 23.0 Å². The highest BCUT2D eigenvalue weighted by Gasteiger charge is 2.54. The predicted molar refractivity (Wildman–Crippen MR) is 48.7 cm³/mol. The smallest absolute Gasteiger partial charge is 0.407 e. The van der Waals surface area contributed by atoms with Crippen LogP contribution in [0.3, 0.4) is 0 Å². The molecule has 2 heterocycles. The van der Waals surface area contributed by atoms with E-state index >= 15 is 0 Å². The van der Waals surface area contributed by atoms with E-state index in [1.807, 2.05) is 0 Å². The maximum absolute atomic E-state index is 10.5. The molecule has 0 unspecified atom stereocenters. The Morgan fingerprint density at radius 1 is 1.29 bits per heavy atom. The van der Waals surface area contributed by atoms with Crippen LogP contribution in [0.25, 0.3) is 0 Å². The van der Waals surface area contributed by atoms with Gasteiger partial charge in [-0.3, -0.25) is 0 Å². The van der Waals surface area contributed by atoms with E-state index in [4.69, 9.17) is 21.9 Å². The lowest BCUT2D eigenvalue weighted by Crippen LogP contribution is -2.73. The molecule has 0 aromatic rings. The van der Waals surface area contributed by atoms with Gasteiger partial charge in [-0.05, 0) is 11.6 Å². The van der Waals surface area contributed by atoms with Crippen LogP contribution in [0.4, 0.5) is 4.79 Å². The standard InChI is InChI=1S/C7H10ClN3O3/c8-5(9-14)10-1-7(2-10)3-11(4-7)6(12)13/h14H,1-4H2,(H,12,13)/b9-5-. The van der Waals surface area contributed by atoms with Gasteiger partial charge in [0, 0.05) is 31.6 Å². The number of amidine groups is 1. The van der Waals surface area contributed by atoms with Crippen LogP contribution in [-0.4, -0.2) is 57.7 Å². The third kappa shape index (κ3) is 1.26. The first-order valence-corrected chi connectivity index (χ1v) is 4.54. The molecule has 1 amide bonds. The molecule has 0 radical (unpaired) electrons. The fourth-order valence-corrected chi connectivity index (χ4v) is 2.18. The lowest BCUT2D eigenvalue weighted by Gasteiger charge is -2.59. The zero-order chi connectivity index (χ0) is 10.3.